The maximum Gasteiger partial charge on any atom is 0.379 e. The quantitative estimate of drug-likeness (QED) is 0.465. The lowest BCUT2D eigenvalue weighted by molar-refractivity contribution is -0.137. The summed E-state index contributed by atoms with van der Waals surface area (Å²) in [4.78, 5) is 22.3. The Hall–Kier alpha value is -1.91. The van der Waals surface area contributed by atoms with Crippen LogP contribution >= 0.6 is 0 Å². The second-order valence-corrected chi connectivity index (χ2v) is 2.71. The average Bonchev–Trinajstić information content (AvgIpc) is 2.21. The van der Waals surface area contributed by atoms with Gasteiger partial charge in [-0.15, -0.1) is 0 Å². The lowest BCUT2D eigenvalue weighted by Gasteiger charge is -2.03. The number of rotatable bonds is 3. The van der Waals surface area contributed by atoms with Gasteiger partial charge in [0.25, 0.3) is 5.78 Å². The van der Waals surface area contributed by atoms with Gasteiger partial charge in [0.15, 0.2) is 0 Å². The predicted octanol–water partition coefficient (Wildman–Crippen LogP) is 1.28. The van der Waals surface area contributed by atoms with Crippen molar-refractivity contribution in [2.45, 2.75) is 6.92 Å². The summed E-state index contributed by atoms with van der Waals surface area (Å²) in [7, 11) is 0. The largest absolute Gasteiger partial charge is 0.507 e. The summed E-state index contributed by atoms with van der Waals surface area (Å²) in [6, 6.07) is 2.77. The first kappa shape index (κ1) is 11.2. The van der Waals surface area contributed by atoms with Crippen molar-refractivity contribution in [3.8, 4) is 5.75 Å². The van der Waals surface area contributed by atoms with Crippen molar-refractivity contribution >= 4 is 11.8 Å². The van der Waals surface area contributed by atoms with Crippen molar-refractivity contribution in [1.29, 1.82) is 0 Å². The molecule has 0 aromatic heterocycles. The van der Waals surface area contributed by atoms with Gasteiger partial charge in [-0.2, -0.15) is 0 Å². The fraction of sp³-hybridized carbons (Fsp3) is 0.200. The van der Waals surface area contributed by atoms with Gasteiger partial charge in [-0.05, 0) is 25.1 Å². The molecule has 1 aromatic carbocycles. The first-order valence-electron chi connectivity index (χ1n) is 4.26. The van der Waals surface area contributed by atoms with Gasteiger partial charge in [0, 0.05) is 0 Å². The normalized spacial score (nSPS) is 9.73. The average molecular weight is 212 g/mol. The molecule has 0 bridgehead atoms. The molecule has 0 atom stereocenters. The number of esters is 1. The standard InChI is InChI=1S/C10H9FO4/c1-2-15-10(14)9(13)7-5-6(11)3-4-8(7)12/h3-5,12H,2H2,1H3. The van der Waals surface area contributed by atoms with Crippen molar-refractivity contribution in [3.63, 3.8) is 0 Å². The predicted molar refractivity (Wildman–Crippen MR) is 49.0 cm³/mol. The number of ketones is 1. The summed E-state index contributed by atoms with van der Waals surface area (Å²) < 4.78 is 17.2. The molecule has 0 saturated carbocycles. The van der Waals surface area contributed by atoms with Gasteiger partial charge in [-0.1, -0.05) is 0 Å². The number of phenols is 1. The second-order valence-electron chi connectivity index (χ2n) is 2.71. The van der Waals surface area contributed by atoms with Gasteiger partial charge >= 0.3 is 5.97 Å². The van der Waals surface area contributed by atoms with Crippen LogP contribution in [0.25, 0.3) is 0 Å². The van der Waals surface area contributed by atoms with E-state index >= 15 is 0 Å². The number of carbonyl (C=O) groups is 2. The number of benzene rings is 1. The van der Waals surface area contributed by atoms with Gasteiger partial charge in [0.05, 0.1) is 12.2 Å². The molecule has 4 nitrogen and oxygen atoms in total. The van der Waals surface area contributed by atoms with Crippen LogP contribution in [0.3, 0.4) is 0 Å². The zero-order chi connectivity index (χ0) is 11.4. The lowest BCUT2D eigenvalue weighted by Crippen LogP contribution is -2.17. The van der Waals surface area contributed by atoms with Crippen LogP contribution in [0.1, 0.15) is 17.3 Å². The van der Waals surface area contributed by atoms with Gasteiger partial charge in [0.1, 0.15) is 11.6 Å². The Morgan fingerprint density at radius 3 is 2.73 bits per heavy atom. The second kappa shape index (κ2) is 4.54. The fourth-order valence-corrected chi connectivity index (χ4v) is 0.997. The van der Waals surface area contributed by atoms with Crippen molar-refractivity contribution in [2.75, 3.05) is 6.61 Å². The third-order valence-corrected chi connectivity index (χ3v) is 1.66. The van der Waals surface area contributed by atoms with E-state index in [-0.39, 0.29) is 6.61 Å². The van der Waals surface area contributed by atoms with Gasteiger partial charge in [0.2, 0.25) is 0 Å². The van der Waals surface area contributed by atoms with Crippen LogP contribution in [0.4, 0.5) is 4.39 Å². The van der Waals surface area contributed by atoms with Crippen LogP contribution in [0.15, 0.2) is 18.2 Å². The number of halogens is 1. The molecule has 15 heavy (non-hydrogen) atoms. The van der Waals surface area contributed by atoms with E-state index in [0.29, 0.717) is 0 Å². The Balaban J connectivity index is 3.00. The van der Waals surface area contributed by atoms with E-state index in [9.17, 15) is 19.1 Å². The van der Waals surface area contributed by atoms with Crippen LogP contribution in [0.5, 0.6) is 5.75 Å². The molecule has 0 saturated heterocycles. The molecule has 1 N–H and O–H groups in total. The molecule has 0 aliphatic carbocycles. The van der Waals surface area contributed by atoms with E-state index < -0.39 is 28.9 Å². The molecule has 0 fully saturated rings. The highest BCUT2D eigenvalue weighted by Gasteiger charge is 2.21. The Morgan fingerprint density at radius 2 is 2.13 bits per heavy atom. The summed E-state index contributed by atoms with van der Waals surface area (Å²) >= 11 is 0. The molecule has 0 heterocycles. The molecule has 0 spiro atoms. The summed E-state index contributed by atoms with van der Waals surface area (Å²) in [5.41, 5.74) is -0.395. The first-order valence-corrected chi connectivity index (χ1v) is 4.26. The van der Waals surface area contributed by atoms with Crippen molar-refractivity contribution in [3.05, 3.63) is 29.6 Å². The van der Waals surface area contributed by atoms with Crippen LogP contribution in [0.2, 0.25) is 0 Å². The minimum atomic E-state index is -1.11. The van der Waals surface area contributed by atoms with E-state index in [1.807, 2.05) is 0 Å². The van der Waals surface area contributed by atoms with Crippen LogP contribution in [-0.4, -0.2) is 23.5 Å². The molecule has 80 valence electrons. The molecule has 1 aromatic rings. The Kier molecular flexibility index (Phi) is 3.38. The van der Waals surface area contributed by atoms with Crippen molar-refractivity contribution < 1.29 is 23.8 Å². The van der Waals surface area contributed by atoms with E-state index in [0.717, 1.165) is 18.2 Å². The first-order chi connectivity index (χ1) is 7.06. The van der Waals surface area contributed by atoms with E-state index in [4.69, 9.17) is 0 Å². The molecule has 0 aliphatic rings. The van der Waals surface area contributed by atoms with Crippen LogP contribution in [0, 0.1) is 5.82 Å². The Bertz CT molecular complexity index is 400. The SMILES string of the molecule is CCOC(=O)C(=O)c1cc(F)ccc1O. The number of aromatic hydroxyl groups is 1. The minimum Gasteiger partial charge on any atom is -0.507 e. The molecule has 5 heteroatoms. The number of carbonyl (C=O) groups excluding carboxylic acids is 2. The van der Waals surface area contributed by atoms with Crippen LogP contribution < -0.4 is 0 Å². The Morgan fingerprint density at radius 1 is 1.47 bits per heavy atom. The number of phenolic OH excluding ortho intramolecular Hbond substituents is 1. The van der Waals surface area contributed by atoms with E-state index in [1.165, 1.54) is 6.92 Å². The minimum absolute atomic E-state index is 0.0423. The molecule has 1 rings (SSSR count). The smallest absolute Gasteiger partial charge is 0.379 e. The molecule has 0 aliphatic heterocycles. The van der Waals surface area contributed by atoms with E-state index in [1.54, 1.807) is 0 Å². The topological polar surface area (TPSA) is 63.6 Å². The summed E-state index contributed by atoms with van der Waals surface area (Å²) in [6.07, 6.45) is 0. The van der Waals surface area contributed by atoms with Gasteiger partial charge < -0.3 is 9.84 Å². The number of hydrogen-bond donors (Lipinski definition) is 1. The maximum absolute atomic E-state index is 12.7. The molecule has 0 radical (unpaired) electrons. The van der Waals surface area contributed by atoms with E-state index in [2.05, 4.69) is 4.74 Å². The molecular formula is C10H9FO4. The molecular weight excluding hydrogens is 203 g/mol. The summed E-state index contributed by atoms with van der Waals surface area (Å²) in [5.74, 6) is -3.33. The highest BCUT2D eigenvalue weighted by Crippen LogP contribution is 2.18. The molecule has 0 amide bonds. The van der Waals surface area contributed by atoms with Crippen molar-refractivity contribution in [1.82, 2.24) is 0 Å². The lowest BCUT2D eigenvalue weighted by atomic mass is 10.1. The zero-order valence-electron chi connectivity index (χ0n) is 7.99. The highest BCUT2D eigenvalue weighted by molar-refractivity contribution is 6.41. The van der Waals surface area contributed by atoms with Gasteiger partial charge in [-0.3, -0.25) is 4.79 Å². The summed E-state index contributed by atoms with van der Waals surface area (Å²) in [6.45, 7) is 1.58. The highest BCUT2D eigenvalue weighted by atomic mass is 19.1. The third-order valence-electron chi connectivity index (χ3n) is 1.66. The van der Waals surface area contributed by atoms with Crippen LogP contribution in [-0.2, 0) is 9.53 Å². The number of ether oxygens (including phenoxy) is 1. The van der Waals surface area contributed by atoms with Gasteiger partial charge in [-0.25, -0.2) is 9.18 Å². The van der Waals surface area contributed by atoms with Crippen molar-refractivity contribution in [2.24, 2.45) is 0 Å². The summed E-state index contributed by atoms with van der Waals surface area (Å²) in [5, 5.41) is 9.23. The number of Topliss-reactive ketones (excluding diaryl/α,β-unsaturated/α-hetero) is 1. The number of hydrogen-bond acceptors (Lipinski definition) is 4. The zero-order valence-corrected chi connectivity index (χ0v) is 7.99. The fourth-order valence-electron chi connectivity index (χ4n) is 0.997. The monoisotopic (exact) mass is 212 g/mol. The Labute approximate surface area is 85.3 Å². The third kappa shape index (κ3) is 2.52. The maximum atomic E-state index is 12.7. The molecule has 0 unspecified atom stereocenters.